The minimum Gasteiger partial charge on any atom is -0.371 e. The van der Waals surface area contributed by atoms with Gasteiger partial charge in [0.15, 0.2) is 0 Å². The van der Waals surface area contributed by atoms with Gasteiger partial charge in [0, 0.05) is 30.9 Å². The predicted molar refractivity (Wildman–Crippen MR) is 63.8 cm³/mol. The number of anilines is 1. The lowest BCUT2D eigenvalue weighted by molar-refractivity contribution is -0.384. The van der Waals surface area contributed by atoms with Crippen LogP contribution in [-0.4, -0.2) is 18.0 Å². The maximum atomic E-state index is 10.7. The molecule has 1 aromatic carbocycles. The first-order chi connectivity index (χ1) is 7.77. The van der Waals surface area contributed by atoms with Gasteiger partial charge in [-0.25, -0.2) is 0 Å². The number of non-ortho nitro benzene ring substituents is 1. The van der Waals surface area contributed by atoms with Crippen molar-refractivity contribution in [1.82, 2.24) is 0 Å². The van der Waals surface area contributed by atoms with Crippen LogP contribution in [0.4, 0.5) is 11.4 Å². The van der Waals surface area contributed by atoms with Crippen molar-refractivity contribution in [3.8, 4) is 0 Å². The highest BCUT2D eigenvalue weighted by Crippen LogP contribution is 2.23. The molecule has 0 bridgehead atoms. The summed E-state index contributed by atoms with van der Waals surface area (Å²) >= 11 is 0. The molecule has 1 heterocycles. The zero-order valence-corrected chi connectivity index (χ0v) is 9.26. The standard InChI is InChI=1S/C12H16N2O2/c15-14(16)12-7-5-6-11(10-12)13-8-3-1-2-4-9-13/h5-7,10H,1-4,8-9H2. The second-order valence-electron chi connectivity index (χ2n) is 4.18. The van der Waals surface area contributed by atoms with Crippen LogP contribution in [-0.2, 0) is 0 Å². The molecule has 4 nitrogen and oxygen atoms in total. The molecule has 0 atom stereocenters. The number of nitro groups is 1. The normalized spacial score (nSPS) is 16.9. The van der Waals surface area contributed by atoms with Crippen molar-refractivity contribution in [3.05, 3.63) is 34.4 Å². The lowest BCUT2D eigenvalue weighted by Crippen LogP contribution is -2.23. The average Bonchev–Trinajstić information content (AvgIpc) is 2.57. The summed E-state index contributed by atoms with van der Waals surface area (Å²) in [4.78, 5) is 12.6. The quantitative estimate of drug-likeness (QED) is 0.568. The monoisotopic (exact) mass is 220 g/mol. The Hall–Kier alpha value is -1.58. The highest BCUT2D eigenvalue weighted by atomic mass is 16.6. The molecule has 0 N–H and O–H groups in total. The summed E-state index contributed by atoms with van der Waals surface area (Å²) in [6, 6.07) is 6.93. The summed E-state index contributed by atoms with van der Waals surface area (Å²) in [6.07, 6.45) is 4.90. The first-order valence-electron chi connectivity index (χ1n) is 5.77. The minimum absolute atomic E-state index is 0.182. The van der Waals surface area contributed by atoms with Crippen LogP contribution in [0.2, 0.25) is 0 Å². The van der Waals surface area contributed by atoms with Crippen LogP contribution in [0.15, 0.2) is 24.3 Å². The Balaban J connectivity index is 2.18. The number of nitro benzene ring substituents is 1. The molecule has 0 saturated carbocycles. The van der Waals surface area contributed by atoms with Crippen LogP contribution in [0, 0.1) is 10.1 Å². The van der Waals surface area contributed by atoms with Crippen molar-refractivity contribution >= 4 is 11.4 Å². The van der Waals surface area contributed by atoms with Gasteiger partial charge in [-0.2, -0.15) is 0 Å². The Morgan fingerprint density at radius 1 is 1.12 bits per heavy atom. The largest absolute Gasteiger partial charge is 0.371 e. The molecule has 0 spiro atoms. The maximum absolute atomic E-state index is 10.7. The molecule has 1 aliphatic heterocycles. The van der Waals surface area contributed by atoms with E-state index in [1.165, 1.54) is 25.7 Å². The maximum Gasteiger partial charge on any atom is 0.271 e. The van der Waals surface area contributed by atoms with Gasteiger partial charge in [0.25, 0.3) is 5.69 Å². The molecule has 4 heteroatoms. The molecule has 1 aliphatic rings. The average molecular weight is 220 g/mol. The van der Waals surface area contributed by atoms with Crippen LogP contribution in [0.1, 0.15) is 25.7 Å². The summed E-state index contributed by atoms with van der Waals surface area (Å²) in [5.41, 5.74) is 1.16. The van der Waals surface area contributed by atoms with E-state index in [1.54, 1.807) is 18.2 Å². The molecule has 0 radical (unpaired) electrons. The van der Waals surface area contributed by atoms with E-state index in [4.69, 9.17) is 0 Å². The summed E-state index contributed by atoms with van der Waals surface area (Å²) in [7, 11) is 0. The molecule has 0 aromatic heterocycles. The van der Waals surface area contributed by atoms with Crippen molar-refractivity contribution in [2.45, 2.75) is 25.7 Å². The summed E-state index contributed by atoms with van der Waals surface area (Å²) in [5, 5.41) is 10.7. The van der Waals surface area contributed by atoms with Gasteiger partial charge < -0.3 is 4.90 Å². The van der Waals surface area contributed by atoms with Crippen LogP contribution in [0.25, 0.3) is 0 Å². The van der Waals surface area contributed by atoms with Gasteiger partial charge in [0.05, 0.1) is 4.92 Å². The van der Waals surface area contributed by atoms with Gasteiger partial charge in [0.2, 0.25) is 0 Å². The molecule has 0 aliphatic carbocycles. The number of rotatable bonds is 2. The molecule has 1 saturated heterocycles. The van der Waals surface area contributed by atoms with Crippen LogP contribution < -0.4 is 4.90 Å². The second-order valence-corrected chi connectivity index (χ2v) is 4.18. The van der Waals surface area contributed by atoms with E-state index in [0.29, 0.717) is 0 Å². The molecule has 1 aromatic rings. The minimum atomic E-state index is -0.332. The molecular weight excluding hydrogens is 204 g/mol. The van der Waals surface area contributed by atoms with E-state index in [1.807, 2.05) is 6.07 Å². The predicted octanol–water partition coefficient (Wildman–Crippen LogP) is 2.98. The van der Waals surface area contributed by atoms with Crippen molar-refractivity contribution in [2.24, 2.45) is 0 Å². The zero-order chi connectivity index (χ0) is 11.4. The molecule has 2 rings (SSSR count). The Kier molecular flexibility index (Phi) is 3.39. The third-order valence-corrected chi connectivity index (χ3v) is 3.01. The summed E-state index contributed by atoms with van der Waals surface area (Å²) < 4.78 is 0. The number of hydrogen-bond acceptors (Lipinski definition) is 3. The smallest absolute Gasteiger partial charge is 0.271 e. The number of hydrogen-bond donors (Lipinski definition) is 0. The fraction of sp³-hybridized carbons (Fsp3) is 0.500. The second kappa shape index (κ2) is 4.96. The van der Waals surface area contributed by atoms with E-state index in [2.05, 4.69) is 4.90 Å². The fourth-order valence-corrected chi connectivity index (χ4v) is 2.13. The molecule has 1 fully saturated rings. The molecule has 0 amide bonds. The van der Waals surface area contributed by atoms with Crippen LogP contribution in [0.5, 0.6) is 0 Å². The van der Waals surface area contributed by atoms with Crippen molar-refractivity contribution in [1.29, 1.82) is 0 Å². The third kappa shape index (κ3) is 2.51. The molecule has 0 unspecified atom stereocenters. The van der Waals surface area contributed by atoms with Crippen molar-refractivity contribution < 1.29 is 4.92 Å². The number of benzene rings is 1. The Morgan fingerprint density at radius 3 is 2.44 bits per heavy atom. The van der Waals surface area contributed by atoms with E-state index in [-0.39, 0.29) is 10.6 Å². The molecule has 86 valence electrons. The molecule has 16 heavy (non-hydrogen) atoms. The zero-order valence-electron chi connectivity index (χ0n) is 9.26. The first-order valence-corrected chi connectivity index (χ1v) is 5.77. The van der Waals surface area contributed by atoms with Gasteiger partial charge in [-0.05, 0) is 18.9 Å². The summed E-state index contributed by atoms with van der Waals surface area (Å²) in [5.74, 6) is 0. The Bertz CT molecular complexity index is 371. The molecular formula is C12H16N2O2. The van der Waals surface area contributed by atoms with E-state index < -0.39 is 0 Å². The van der Waals surface area contributed by atoms with E-state index in [0.717, 1.165) is 18.8 Å². The van der Waals surface area contributed by atoms with Gasteiger partial charge in [-0.15, -0.1) is 0 Å². The van der Waals surface area contributed by atoms with Gasteiger partial charge >= 0.3 is 0 Å². The lowest BCUT2D eigenvalue weighted by atomic mass is 10.2. The van der Waals surface area contributed by atoms with Gasteiger partial charge in [0.1, 0.15) is 0 Å². The van der Waals surface area contributed by atoms with E-state index >= 15 is 0 Å². The third-order valence-electron chi connectivity index (χ3n) is 3.01. The number of nitrogens with zero attached hydrogens (tertiary/aromatic N) is 2. The highest BCUT2D eigenvalue weighted by Gasteiger charge is 2.12. The topological polar surface area (TPSA) is 46.4 Å². The lowest BCUT2D eigenvalue weighted by Gasteiger charge is -2.22. The Morgan fingerprint density at radius 2 is 1.81 bits per heavy atom. The highest BCUT2D eigenvalue weighted by molar-refractivity contribution is 5.53. The van der Waals surface area contributed by atoms with Crippen LogP contribution in [0.3, 0.4) is 0 Å². The Labute approximate surface area is 95.0 Å². The summed E-state index contributed by atoms with van der Waals surface area (Å²) in [6.45, 7) is 2.03. The van der Waals surface area contributed by atoms with E-state index in [9.17, 15) is 10.1 Å². The SMILES string of the molecule is O=[N+]([O-])c1cccc(N2CCCCCC2)c1. The van der Waals surface area contributed by atoms with Gasteiger partial charge in [-0.3, -0.25) is 10.1 Å². The van der Waals surface area contributed by atoms with Crippen LogP contribution >= 0.6 is 0 Å². The fourth-order valence-electron chi connectivity index (χ4n) is 2.13. The van der Waals surface area contributed by atoms with Crippen molar-refractivity contribution in [2.75, 3.05) is 18.0 Å². The van der Waals surface area contributed by atoms with Gasteiger partial charge in [-0.1, -0.05) is 18.9 Å². The van der Waals surface area contributed by atoms with Crippen molar-refractivity contribution in [3.63, 3.8) is 0 Å². The first kappa shape index (κ1) is 10.9.